The molecule has 1 fully saturated rings. The summed E-state index contributed by atoms with van der Waals surface area (Å²) in [5, 5.41) is 12.2. The second kappa shape index (κ2) is 13.9. The van der Waals surface area contributed by atoms with Gasteiger partial charge in [-0.3, -0.25) is 4.79 Å². The number of aryl methyl sites for hydroxylation is 3. The largest absolute Gasteiger partial charge is 0.488 e. The number of amides is 1. The van der Waals surface area contributed by atoms with E-state index in [2.05, 4.69) is 48.7 Å². The molecule has 0 radical (unpaired) electrons. The molecule has 12 nitrogen and oxygen atoms in total. The van der Waals surface area contributed by atoms with Crippen LogP contribution < -0.4 is 15.0 Å². The van der Waals surface area contributed by atoms with Crippen LogP contribution in [-0.4, -0.2) is 74.9 Å². The van der Waals surface area contributed by atoms with Gasteiger partial charge in [0, 0.05) is 50.0 Å². The lowest BCUT2D eigenvalue weighted by atomic mass is 9.74. The maximum Gasteiger partial charge on any atom is 0.254 e. The van der Waals surface area contributed by atoms with E-state index in [1.54, 1.807) is 36.7 Å². The minimum absolute atomic E-state index is 0.166. The summed E-state index contributed by atoms with van der Waals surface area (Å²) in [6.07, 6.45) is 4.64. The topological polar surface area (TPSA) is 135 Å². The maximum absolute atomic E-state index is 14.1. The first-order valence-electron chi connectivity index (χ1n) is 18.0. The number of fused-ring (bicyclic) bond motifs is 2. The van der Waals surface area contributed by atoms with Gasteiger partial charge < -0.3 is 15.0 Å². The number of carbonyl (C=O) groups is 1. The summed E-state index contributed by atoms with van der Waals surface area (Å²) in [5.74, 6) is 0.365. The molecule has 1 unspecified atom stereocenters. The summed E-state index contributed by atoms with van der Waals surface area (Å²) in [4.78, 5) is 25.0. The van der Waals surface area contributed by atoms with E-state index in [1.165, 1.54) is 4.31 Å². The van der Waals surface area contributed by atoms with E-state index in [0.29, 0.717) is 30.2 Å². The first-order chi connectivity index (χ1) is 24.9. The highest BCUT2D eigenvalue weighted by atomic mass is 32.2. The third kappa shape index (κ3) is 6.51. The summed E-state index contributed by atoms with van der Waals surface area (Å²) < 4.78 is 37.8. The van der Waals surface area contributed by atoms with Crippen molar-refractivity contribution in [2.45, 2.75) is 89.9 Å². The molecule has 5 aromatic rings. The van der Waals surface area contributed by atoms with Gasteiger partial charge in [-0.05, 0) is 93.5 Å². The van der Waals surface area contributed by atoms with Crippen LogP contribution in [0.1, 0.15) is 84.6 Å². The van der Waals surface area contributed by atoms with E-state index in [9.17, 15) is 13.2 Å². The lowest BCUT2D eigenvalue weighted by Crippen LogP contribution is -2.48. The SMILES string of the molecule is CC[C@@H]1CN(Cc2cc(C(c3ccc4c(nnn4CC)c3C)C(C)(C)NC(=O)c3cnc(N4CCC4)nc3)ccc2C)S(=O)(=O)c2ccccc2O1. The Morgan fingerprint density at radius 2 is 1.79 bits per heavy atom. The minimum Gasteiger partial charge on any atom is -0.488 e. The van der Waals surface area contributed by atoms with E-state index < -0.39 is 15.6 Å². The van der Waals surface area contributed by atoms with Gasteiger partial charge in [-0.2, -0.15) is 4.31 Å². The van der Waals surface area contributed by atoms with Crippen LogP contribution in [0.5, 0.6) is 5.75 Å². The zero-order valence-electron chi connectivity index (χ0n) is 30.6. The van der Waals surface area contributed by atoms with Gasteiger partial charge >= 0.3 is 0 Å². The number of sulfonamides is 1. The highest BCUT2D eigenvalue weighted by molar-refractivity contribution is 7.89. The van der Waals surface area contributed by atoms with Gasteiger partial charge in [-0.15, -0.1) is 5.10 Å². The molecule has 13 heteroatoms. The molecule has 3 aromatic carbocycles. The minimum atomic E-state index is -3.86. The number of hydrogen-bond acceptors (Lipinski definition) is 9. The molecule has 4 heterocycles. The fourth-order valence-electron chi connectivity index (χ4n) is 7.30. The number of nitrogens with one attached hydrogen (secondary N) is 1. The van der Waals surface area contributed by atoms with Crippen LogP contribution in [0.3, 0.4) is 0 Å². The first kappa shape index (κ1) is 35.5. The third-order valence-electron chi connectivity index (χ3n) is 10.5. The van der Waals surface area contributed by atoms with E-state index in [-0.39, 0.29) is 35.9 Å². The Balaban J connectivity index is 1.28. The Morgan fingerprint density at radius 3 is 2.48 bits per heavy atom. The van der Waals surface area contributed by atoms with Crippen molar-refractivity contribution in [2.75, 3.05) is 24.5 Å². The molecule has 2 aromatic heterocycles. The molecule has 0 aliphatic carbocycles. The third-order valence-corrected chi connectivity index (χ3v) is 12.3. The van der Waals surface area contributed by atoms with Crippen LogP contribution >= 0.6 is 0 Å². The average Bonchev–Trinajstić information content (AvgIpc) is 3.49. The second-order valence-electron chi connectivity index (χ2n) is 14.4. The molecule has 1 saturated heterocycles. The zero-order chi connectivity index (χ0) is 36.8. The molecule has 52 heavy (non-hydrogen) atoms. The second-order valence-corrected chi connectivity index (χ2v) is 16.3. The molecule has 2 aliphatic heterocycles. The maximum atomic E-state index is 14.1. The Hall–Kier alpha value is -4.88. The van der Waals surface area contributed by atoms with Gasteiger partial charge in [0.1, 0.15) is 22.3 Å². The number of benzene rings is 3. The molecule has 2 atom stereocenters. The Kier molecular flexibility index (Phi) is 9.51. The van der Waals surface area contributed by atoms with Crippen LogP contribution in [0.25, 0.3) is 11.0 Å². The van der Waals surface area contributed by atoms with E-state index >= 15 is 0 Å². The van der Waals surface area contributed by atoms with Crippen molar-refractivity contribution in [3.63, 3.8) is 0 Å². The molecule has 7 rings (SSSR count). The van der Waals surface area contributed by atoms with Crippen molar-refractivity contribution in [1.29, 1.82) is 0 Å². The smallest absolute Gasteiger partial charge is 0.254 e. The van der Waals surface area contributed by atoms with Crippen molar-refractivity contribution < 1.29 is 17.9 Å². The predicted molar refractivity (Wildman–Crippen MR) is 200 cm³/mol. The highest BCUT2D eigenvalue weighted by Crippen LogP contribution is 2.40. The number of hydrogen-bond donors (Lipinski definition) is 1. The highest BCUT2D eigenvalue weighted by Gasteiger charge is 2.38. The van der Waals surface area contributed by atoms with Crippen molar-refractivity contribution in [2.24, 2.45) is 0 Å². The summed E-state index contributed by atoms with van der Waals surface area (Å²) in [7, 11) is -3.86. The first-order valence-corrected chi connectivity index (χ1v) is 19.4. The lowest BCUT2D eigenvalue weighted by Gasteiger charge is -2.37. The predicted octanol–water partition coefficient (Wildman–Crippen LogP) is 5.77. The van der Waals surface area contributed by atoms with Gasteiger partial charge in [0.2, 0.25) is 16.0 Å². The number of rotatable bonds is 10. The molecular formula is C39H46N8O4S. The normalized spacial score (nSPS) is 17.9. The summed E-state index contributed by atoms with van der Waals surface area (Å²) in [6.45, 7) is 15.0. The number of ether oxygens (including phenoxy) is 1. The number of anilines is 1. The van der Waals surface area contributed by atoms with Gasteiger partial charge in [-0.25, -0.2) is 23.1 Å². The van der Waals surface area contributed by atoms with Crippen LogP contribution in [0.4, 0.5) is 5.95 Å². The summed E-state index contributed by atoms with van der Waals surface area (Å²) in [5.41, 5.74) is 5.97. The van der Waals surface area contributed by atoms with Crippen molar-refractivity contribution >= 4 is 32.9 Å². The molecule has 0 spiro atoms. The van der Waals surface area contributed by atoms with Gasteiger partial charge in [0.25, 0.3) is 5.91 Å². The quantitative estimate of drug-likeness (QED) is 0.191. The summed E-state index contributed by atoms with van der Waals surface area (Å²) >= 11 is 0. The molecule has 1 N–H and O–H groups in total. The molecular weight excluding hydrogens is 677 g/mol. The molecule has 0 bridgehead atoms. The van der Waals surface area contributed by atoms with Crippen LogP contribution in [0.15, 0.2) is 71.9 Å². The van der Waals surface area contributed by atoms with Crippen LogP contribution in [0.2, 0.25) is 0 Å². The number of carbonyl (C=O) groups excluding carboxylic acids is 1. The standard InChI is InChI=1S/C39H46N8O4S/c1-7-30-24-46(52(49,50)34-13-10-9-12-33(34)51-30)23-28-20-27(15-14-25(28)3)35(31-16-17-32-36(26(31)4)43-44-47(32)8-2)39(5,6)42-37(48)29-21-40-38(41-22-29)45-18-11-19-45/h9-10,12-17,20-22,30,35H,7-8,11,18-19,23-24H2,1-6H3,(H,42,48)/t30-,35?/m1/s1. The van der Waals surface area contributed by atoms with Crippen LogP contribution in [-0.2, 0) is 23.1 Å². The fraction of sp³-hybridized carbons (Fsp3) is 0.410. The average molecular weight is 723 g/mol. The number of nitrogens with zero attached hydrogens (tertiary/aromatic N) is 7. The Labute approximate surface area is 305 Å². The number of aromatic nitrogens is 5. The van der Waals surface area contributed by atoms with Crippen molar-refractivity contribution in [1.82, 2.24) is 34.6 Å². The lowest BCUT2D eigenvalue weighted by molar-refractivity contribution is 0.0905. The van der Waals surface area contributed by atoms with Crippen molar-refractivity contribution in [3.05, 3.63) is 100 Å². The van der Waals surface area contributed by atoms with Crippen molar-refractivity contribution in [3.8, 4) is 5.75 Å². The van der Waals surface area contributed by atoms with E-state index in [1.807, 2.05) is 58.4 Å². The molecule has 2 aliphatic rings. The summed E-state index contributed by atoms with van der Waals surface area (Å²) in [6, 6.07) is 17.2. The molecule has 272 valence electrons. The van der Waals surface area contributed by atoms with Gasteiger partial charge in [0.05, 0.1) is 17.6 Å². The Morgan fingerprint density at radius 1 is 1.04 bits per heavy atom. The van der Waals surface area contributed by atoms with E-state index in [4.69, 9.17) is 4.74 Å². The van der Waals surface area contributed by atoms with Gasteiger partial charge in [0.15, 0.2) is 0 Å². The molecule has 1 amide bonds. The Bertz CT molecular complexity index is 2230. The number of para-hydroxylation sites is 1. The fourth-order valence-corrected chi connectivity index (χ4v) is 8.87. The van der Waals surface area contributed by atoms with E-state index in [0.717, 1.165) is 58.4 Å². The van der Waals surface area contributed by atoms with Gasteiger partial charge in [-0.1, -0.05) is 48.5 Å². The van der Waals surface area contributed by atoms with Crippen LogP contribution in [0, 0.1) is 13.8 Å². The molecule has 0 saturated carbocycles. The zero-order valence-corrected chi connectivity index (χ0v) is 31.4. The monoisotopic (exact) mass is 722 g/mol.